The number of Topliss-reactive ketones (excluding diaryl/α,β-unsaturated/α-hetero) is 3. The zero-order valence-corrected chi connectivity index (χ0v) is 57.3. The van der Waals surface area contributed by atoms with Gasteiger partial charge in [0.15, 0.2) is 27.9 Å². The monoisotopic (exact) mass is 1490 g/mol. The second kappa shape index (κ2) is 38.0. The first-order valence-corrected chi connectivity index (χ1v) is 35.9. The molecule has 21 nitrogen and oxygen atoms in total. The summed E-state index contributed by atoms with van der Waals surface area (Å²) in [4.78, 5) is 84.6. The summed E-state index contributed by atoms with van der Waals surface area (Å²) >= 11 is 3.34. The van der Waals surface area contributed by atoms with Crippen LogP contribution in [0.4, 0.5) is 3.89 Å². The highest BCUT2D eigenvalue weighted by atomic mass is 79.9. The standard InChI is InChI=1S/C13H16N2O2.C12H14N2O2.3C11H12N2O.C9H14O2.C4H3BrN2.CH3FS.6CH4/c1-4-14-11(15-5-1)12-2-3-13(9-10(12)8-12)16-6-7-17-13;1-6-13-11(14-7-1)10-2-4-12(5-3-10)15-8-9-16-12;3*14-9-2-3-11(7-8(11)6-9)10-12-4-1-5-13-10;1-8-2-4-9(5-3-8)10-6-7-11-9;5-4-6-2-1-3-7-4;1-3-2;;;;;;/h1,4-5,10H,2-3,6-9H2;1-2,6-7H,3-5,8-9H2;3*1,4-5,8H,2-3,6-7H2;2H,3-7H2,1H3;1-3H;1H3;6*1H4. The Kier molecular flexibility index (Phi) is 31.4. The zero-order valence-electron chi connectivity index (χ0n) is 54.9. The van der Waals surface area contributed by atoms with Gasteiger partial charge in [-0.15, -0.1) is 0 Å². The summed E-state index contributed by atoms with van der Waals surface area (Å²) in [5, 5.41) is 0. The van der Waals surface area contributed by atoms with Crippen molar-refractivity contribution in [3.05, 3.63) is 162 Å². The molecule has 13 aliphatic rings. The molecule has 0 aromatic carbocycles. The van der Waals surface area contributed by atoms with Gasteiger partial charge in [-0.05, 0) is 153 Å². The summed E-state index contributed by atoms with van der Waals surface area (Å²) in [5.41, 5.74) is 3.43. The fraction of sp³-hybridized carbons (Fsp3) is 0.603. The van der Waals surface area contributed by atoms with Crippen LogP contribution in [0.2, 0.25) is 0 Å². The Morgan fingerprint density at radius 2 is 0.686 bits per heavy atom. The van der Waals surface area contributed by atoms with E-state index in [0.717, 1.165) is 190 Å². The molecule has 6 aromatic rings. The SMILES string of the molecule is Brc1ncccn1.C.C.C.C.C.C.C1=C(c2ncccn2)CCC2(C1)OCCO2.CC1=CCC2(CC1)OCCO2.CSF.O=C1CCC2(c3ncccn3)CC2C1.O=C1CCC2(c3ncccn3)CC2C1.O=C1CCC2(c3ncccn3)CC2C1.c1cnc(C23CCC4(CC2C3)OCCO4)nc1. The number of ketones is 3. The lowest BCUT2D eigenvalue weighted by atomic mass is 9.84. The van der Waals surface area contributed by atoms with Crippen LogP contribution in [0, 0.1) is 23.7 Å². The van der Waals surface area contributed by atoms with Gasteiger partial charge in [0.25, 0.3) is 0 Å². The van der Waals surface area contributed by atoms with E-state index in [4.69, 9.17) is 28.4 Å². The van der Waals surface area contributed by atoms with Gasteiger partial charge in [-0.25, -0.2) is 59.8 Å². The van der Waals surface area contributed by atoms with Gasteiger partial charge in [0, 0.05) is 191 Å². The number of aromatic nitrogens is 12. The average Bonchev–Trinajstić information content (AvgIpc) is 1.58. The van der Waals surface area contributed by atoms with Gasteiger partial charge >= 0.3 is 0 Å². The number of hydrogen-bond acceptors (Lipinski definition) is 22. The number of carbonyl (C=O) groups excluding carboxylic acids is 3. The maximum atomic E-state index is 11.2. The molecule has 10 aliphatic carbocycles. The number of fused-ring (bicyclic) bond motifs is 4. The average molecular weight is 1490 g/mol. The number of carbonyl (C=O) groups is 3. The van der Waals surface area contributed by atoms with E-state index in [1.165, 1.54) is 23.8 Å². The molecule has 3 aliphatic heterocycles. The van der Waals surface area contributed by atoms with Crippen LogP contribution in [0.1, 0.15) is 222 Å². The van der Waals surface area contributed by atoms with Crippen LogP contribution in [-0.4, -0.2) is 140 Å². The van der Waals surface area contributed by atoms with Gasteiger partial charge in [-0.1, -0.05) is 62.3 Å². The Bertz CT molecular complexity index is 3430. The van der Waals surface area contributed by atoms with E-state index in [1.807, 2.05) is 42.7 Å². The number of ether oxygens (including phenoxy) is 6. The van der Waals surface area contributed by atoms with Crippen LogP contribution in [0.25, 0.3) is 5.57 Å². The summed E-state index contributed by atoms with van der Waals surface area (Å²) in [7, 11) is 0. The topological polar surface area (TPSA) is 261 Å². The van der Waals surface area contributed by atoms with Crippen molar-refractivity contribution in [3.8, 4) is 0 Å². The van der Waals surface area contributed by atoms with Crippen molar-refractivity contribution >= 4 is 51.0 Å². The molecule has 3 spiro atoms. The molecule has 3 saturated heterocycles. The third-order valence-electron chi connectivity index (χ3n) is 21.4. The summed E-state index contributed by atoms with van der Waals surface area (Å²) in [6.45, 7) is 6.64. The lowest BCUT2D eigenvalue weighted by molar-refractivity contribution is -0.180. The van der Waals surface area contributed by atoms with E-state index >= 15 is 0 Å². The van der Waals surface area contributed by atoms with Crippen LogP contribution < -0.4 is 0 Å². The highest BCUT2D eigenvalue weighted by Crippen LogP contribution is 2.65. The van der Waals surface area contributed by atoms with Crippen LogP contribution in [0.15, 0.2) is 133 Å². The van der Waals surface area contributed by atoms with Crippen molar-refractivity contribution in [1.82, 2.24) is 59.8 Å². The van der Waals surface area contributed by atoms with E-state index in [-0.39, 0.29) is 95.7 Å². The van der Waals surface area contributed by atoms with Crippen molar-refractivity contribution < 1.29 is 46.7 Å². The fourth-order valence-corrected chi connectivity index (χ4v) is 15.9. The molecule has 8 atom stereocenters. The number of hydrogen-bond donors (Lipinski definition) is 0. The molecule has 6 aromatic heterocycles. The van der Waals surface area contributed by atoms with Crippen molar-refractivity contribution in [2.75, 3.05) is 45.9 Å². The van der Waals surface area contributed by atoms with E-state index < -0.39 is 0 Å². The van der Waals surface area contributed by atoms with Crippen molar-refractivity contribution in [1.29, 1.82) is 0 Å². The molecule has 8 unspecified atom stereocenters. The van der Waals surface area contributed by atoms with Crippen LogP contribution >= 0.6 is 28.1 Å². The Labute approximate surface area is 617 Å². The van der Waals surface area contributed by atoms with Gasteiger partial charge < -0.3 is 28.4 Å². The fourth-order valence-electron chi connectivity index (χ4n) is 15.7. The minimum Gasteiger partial charge on any atom is -0.348 e. The summed E-state index contributed by atoms with van der Waals surface area (Å²) in [6.07, 6.45) is 47.8. The predicted molar refractivity (Wildman–Crippen MR) is 398 cm³/mol. The predicted octanol–water partition coefficient (Wildman–Crippen LogP) is 16.1. The first-order chi connectivity index (χ1) is 46.8. The van der Waals surface area contributed by atoms with E-state index in [1.54, 1.807) is 68.0 Å². The van der Waals surface area contributed by atoms with E-state index in [0.29, 0.717) is 59.0 Å². The Balaban J connectivity index is 0.000000186. The molecule has 556 valence electrons. The Morgan fingerprint density at radius 1 is 0.382 bits per heavy atom. The normalized spacial score (nSPS) is 28.4. The number of halogens is 2. The van der Waals surface area contributed by atoms with Gasteiger partial charge in [0.1, 0.15) is 40.6 Å². The number of rotatable bonds is 5. The minimum atomic E-state index is -0.349. The maximum Gasteiger partial charge on any atom is 0.196 e. The third kappa shape index (κ3) is 20.3. The van der Waals surface area contributed by atoms with Crippen LogP contribution in [0.3, 0.4) is 0 Å². The molecule has 0 radical (unpaired) electrons. The van der Waals surface area contributed by atoms with Crippen LogP contribution in [0.5, 0.6) is 0 Å². The molecular formula is C78H110BrFN12O9S. The highest BCUT2D eigenvalue weighted by molar-refractivity contribution is 9.10. The summed E-state index contributed by atoms with van der Waals surface area (Å²) in [5.74, 6) is 7.38. The lowest BCUT2D eigenvalue weighted by Crippen LogP contribution is -2.37. The molecule has 24 heteroatoms. The second-order valence-electron chi connectivity index (χ2n) is 27.2. The molecule has 19 rings (SSSR count). The molecule has 0 amide bonds. The summed E-state index contributed by atoms with van der Waals surface area (Å²) < 4.78 is 44.9. The number of nitrogens with zero attached hydrogens (tertiary/aromatic N) is 12. The smallest absolute Gasteiger partial charge is 0.196 e. The zero-order chi connectivity index (χ0) is 66.5. The minimum absolute atomic E-state index is 0. The Hall–Kier alpha value is -6.51. The largest absolute Gasteiger partial charge is 0.348 e. The van der Waals surface area contributed by atoms with Gasteiger partial charge in [0.2, 0.25) is 0 Å². The van der Waals surface area contributed by atoms with Crippen molar-refractivity contribution in [2.45, 2.75) is 232 Å². The second-order valence-corrected chi connectivity index (χ2v) is 28.2. The molecule has 0 N–H and O–H groups in total. The molecule has 11 fully saturated rings. The van der Waals surface area contributed by atoms with Gasteiger partial charge in [0.05, 0.1) is 39.6 Å². The highest BCUT2D eigenvalue weighted by Gasteiger charge is 2.65. The van der Waals surface area contributed by atoms with Crippen molar-refractivity contribution in [3.63, 3.8) is 0 Å². The van der Waals surface area contributed by atoms with Crippen molar-refractivity contribution in [2.24, 2.45) is 23.7 Å². The van der Waals surface area contributed by atoms with Crippen LogP contribution in [-0.2, 0) is 64.5 Å². The molecular weight excluding hydrogens is 1380 g/mol. The maximum absolute atomic E-state index is 11.2. The molecule has 8 saturated carbocycles. The van der Waals surface area contributed by atoms with E-state index in [9.17, 15) is 18.3 Å². The Morgan fingerprint density at radius 3 is 0.980 bits per heavy atom. The quantitative estimate of drug-likeness (QED) is 0.115. The van der Waals surface area contributed by atoms with E-state index in [2.05, 4.69) is 94.8 Å². The first kappa shape index (κ1) is 84.4. The molecule has 0 bridgehead atoms. The van der Waals surface area contributed by atoms with Gasteiger partial charge in [-0.3, -0.25) is 14.4 Å². The summed E-state index contributed by atoms with van der Waals surface area (Å²) in [6, 6.07) is 11.0. The molecule has 9 heterocycles. The lowest BCUT2D eigenvalue weighted by Gasteiger charge is -2.34. The third-order valence-corrected chi connectivity index (χ3v) is 21.8. The molecule has 102 heavy (non-hydrogen) atoms. The number of allylic oxidation sites excluding steroid dienone is 2. The first-order valence-electron chi connectivity index (χ1n) is 33.9. The van der Waals surface area contributed by atoms with Gasteiger partial charge in [-0.2, -0.15) is 3.89 Å².